The Hall–Kier alpha value is -3.25. The van der Waals surface area contributed by atoms with Crippen LogP contribution in [0.25, 0.3) is 5.69 Å². The summed E-state index contributed by atoms with van der Waals surface area (Å²) in [5.74, 6) is 1.32. The fourth-order valence-corrected chi connectivity index (χ4v) is 3.56. The Morgan fingerprint density at radius 2 is 1.90 bits per heavy atom. The second-order valence-electron chi connectivity index (χ2n) is 7.02. The minimum absolute atomic E-state index is 0.189. The van der Waals surface area contributed by atoms with Gasteiger partial charge in [0.15, 0.2) is 0 Å². The van der Waals surface area contributed by atoms with Gasteiger partial charge in [-0.3, -0.25) is 4.79 Å². The quantitative estimate of drug-likeness (QED) is 0.403. The van der Waals surface area contributed by atoms with Gasteiger partial charge >= 0.3 is 0 Å². The Balaban J connectivity index is 1.70. The second-order valence-corrected chi connectivity index (χ2v) is 7.46. The number of methoxy groups -OCH3 is 1. The number of rotatable bonds is 8. The van der Waals surface area contributed by atoms with Gasteiger partial charge in [0, 0.05) is 22.0 Å². The highest BCUT2D eigenvalue weighted by Gasteiger charge is 2.14. The smallest absolute Gasteiger partial charge is 0.244 e. The zero-order valence-corrected chi connectivity index (χ0v) is 18.9. The van der Waals surface area contributed by atoms with Crippen molar-refractivity contribution < 1.29 is 14.3 Å². The van der Waals surface area contributed by atoms with E-state index in [0.29, 0.717) is 11.6 Å². The molecule has 3 aromatic rings. The van der Waals surface area contributed by atoms with E-state index in [9.17, 15) is 4.79 Å². The average molecular weight is 440 g/mol. The van der Waals surface area contributed by atoms with Crippen LogP contribution in [0.1, 0.15) is 29.4 Å². The molecular weight excluding hydrogens is 414 g/mol. The summed E-state index contributed by atoms with van der Waals surface area (Å²) < 4.78 is 12.9. The van der Waals surface area contributed by atoms with Crippen LogP contribution in [0.3, 0.4) is 0 Å². The van der Waals surface area contributed by atoms with E-state index in [1.54, 1.807) is 19.4 Å². The number of aryl methyl sites for hydroxylation is 1. The van der Waals surface area contributed by atoms with Gasteiger partial charge in [0.25, 0.3) is 0 Å². The van der Waals surface area contributed by atoms with Gasteiger partial charge in [-0.05, 0) is 62.7 Å². The van der Waals surface area contributed by atoms with E-state index in [0.717, 1.165) is 39.7 Å². The van der Waals surface area contributed by atoms with Crippen molar-refractivity contribution in [3.05, 3.63) is 76.1 Å². The molecule has 3 rings (SSSR count). The Morgan fingerprint density at radius 3 is 2.58 bits per heavy atom. The number of carbonyl (C=O) groups excluding carboxylic acids is 1. The molecule has 7 heteroatoms. The molecule has 162 valence electrons. The molecule has 0 radical (unpaired) electrons. The molecule has 1 amide bonds. The SMILES string of the molecule is CCOc1ccc(CC(=O)N/N=C\c2cc(C)n(-c3cc(Cl)ccc3OC)c2C)cc1. The Labute approximate surface area is 187 Å². The number of hydrazone groups is 1. The first-order valence-corrected chi connectivity index (χ1v) is 10.4. The monoisotopic (exact) mass is 439 g/mol. The molecule has 0 saturated heterocycles. The third kappa shape index (κ3) is 5.47. The maximum atomic E-state index is 12.2. The number of aromatic nitrogens is 1. The minimum atomic E-state index is -0.189. The molecule has 1 heterocycles. The molecule has 0 bridgehead atoms. The fraction of sp³-hybridized carbons (Fsp3) is 0.250. The topological polar surface area (TPSA) is 64.8 Å². The lowest BCUT2D eigenvalue weighted by Gasteiger charge is -2.14. The summed E-state index contributed by atoms with van der Waals surface area (Å²) in [4.78, 5) is 12.2. The molecule has 0 atom stereocenters. The minimum Gasteiger partial charge on any atom is -0.495 e. The average Bonchev–Trinajstić information content (AvgIpc) is 3.02. The van der Waals surface area contributed by atoms with E-state index in [4.69, 9.17) is 21.1 Å². The number of hydrogen-bond acceptors (Lipinski definition) is 4. The normalized spacial score (nSPS) is 11.0. The molecule has 0 fully saturated rings. The van der Waals surface area contributed by atoms with E-state index in [1.165, 1.54) is 0 Å². The van der Waals surface area contributed by atoms with Gasteiger partial charge in [-0.1, -0.05) is 23.7 Å². The van der Waals surface area contributed by atoms with Crippen LogP contribution in [0.15, 0.2) is 53.6 Å². The summed E-state index contributed by atoms with van der Waals surface area (Å²) in [6, 6.07) is 15.0. The van der Waals surface area contributed by atoms with Gasteiger partial charge in [0.05, 0.1) is 32.0 Å². The Bertz CT molecular complexity index is 1090. The third-order valence-electron chi connectivity index (χ3n) is 4.84. The summed E-state index contributed by atoms with van der Waals surface area (Å²) >= 11 is 6.19. The van der Waals surface area contributed by atoms with Gasteiger partial charge < -0.3 is 14.0 Å². The highest BCUT2D eigenvalue weighted by molar-refractivity contribution is 6.30. The number of halogens is 1. The number of ether oxygens (including phenoxy) is 2. The first kappa shape index (κ1) is 22.4. The summed E-state index contributed by atoms with van der Waals surface area (Å²) in [5, 5.41) is 4.76. The van der Waals surface area contributed by atoms with Crippen LogP contribution in [0, 0.1) is 13.8 Å². The maximum absolute atomic E-state index is 12.2. The molecule has 6 nitrogen and oxygen atoms in total. The van der Waals surface area contributed by atoms with Crippen molar-refractivity contribution in [1.29, 1.82) is 0 Å². The van der Waals surface area contributed by atoms with Crippen LogP contribution in [0.2, 0.25) is 5.02 Å². The van der Waals surface area contributed by atoms with E-state index in [1.807, 2.05) is 67.8 Å². The van der Waals surface area contributed by atoms with Crippen LogP contribution in [0.4, 0.5) is 0 Å². The molecule has 0 aliphatic rings. The number of amides is 1. The van der Waals surface area contributed by atoms with Crippen molar-refractivity contribution in [1.82, 2.24) is 9.99 Å². The molecule has 2 aromatic carbocycles. The van der Waals surface area contributed by atoms with Crippen LogP contribution in [-0.2, 0) is 11.2 Å². The number of nitrogens with one attached hydrogen (secondary N) is 1. The van der Waals surface area contributed by atoms with Gasteiger partial charge in [-0.15, -0.1) is 0 Å². The van der Waals surface area contributed by atoms with Gasteiger partial charge in [-0.25, -0.2) is 5.43 Å². The van der Waals surface area contributed by atoms with Gasteiger partial charge in [0.2, 0.25) is 5.91 Å². The molecule has 0 saturated carbocycles. The number of hydrogen-bond donors (Lipinski definition) is 1. The van der Waals surface area contributed by atoms with Crippen molar-refractivity contribution in [2.45, 2.75) is 27.2 Å². The molecule has 1 aromatic heterocycles. The number of nitrogens with zero attached hydrogens (tertiary/aromatic N) is 2. The van der Waals surface area contributed by atoms with Crippen molar-refractivity contribution >= 4 is 23.7 Å². The maximum Gasteiger partial charge on any atom is 0.244 e. The van der Waals surface area contributed by atoms with Crippen LogP contribution >= 0.6 is 11.6 Å². The lowest BCUT2D eigenvalue weighted by Crippen LogP contribution is -2.19. The van der Waals surface area contributed by atoms with Crippen LogP contribution < -0.4 is 14.9 Å². The predicted molar refractivity (Wildman–Crippen MR) is 124 cm³/mol. The number of carbonyl (C=O) groups is 1. The van der Waals surface area contributed by atoms with Gasteiger partial charge in [-0.2, -0.15) is 5.10 Å². The summed E-state index contributed by atoms with van der Waals surface area (Å²) in [5.41, 5.74) is 7.18. The highest BCUT2D eigenvalue weighted by Crippen LogP contribution is 2.30. The first-order chi connectivity index (χ1) is 14.9. The standard InChI is InChI=1S/C24H26ClN3O3/c1-5-31-21-9-6-18(7-10-21)13-24(29)27-26-15-19-12-16(2)28(17(19)3)22-14-20(25)8-11-23(22)30-4/h6-12,14-15H,5,13H2,1-4H3,(H,27,29)/b26-15-. The van der Waals surface area contributed by atoms with Crippen LogP contribution in [0.5, 0.6) is 11.5 Å². The summed E-state index contributed by atoms with van der Waals surface area (Å²) in [7, 11) is 1.63. The van der Waals surface area contributed by atoms with Gasteiger partial charge in [0.1, 0.15) is 11.5 Å². The van der Waals surface area contributed by atoms with E-state index in [-0.39, 0.29) is 12.3 Å². The second kappa shape index (κ2) is 10.2. The highest BCUT2D eigenvalue weighted by atomic mass is 35.5. The molecular formula is C24H26ClN3O3. The Kier molecular flexibility index (Phi) is 7.36. The van der Waals surface area contributed by atoms with Crippen molar-refractivity contribution in [2.24, 2.45) is 5.10 Å². The van der Waals surface area contributed by atoms with E-state index in [2.05, 4.69) is 10.5 Å². The van der Waals surface area contributed by atoms with Crippen LogP contribution in [-0.4, -0.2) is 30.4 Å². The zero-order chi connectivity index (χ0) is 22.4. The molecule has 0 unspecified atom stereocenters. The largest absolute Gasteiger partial charge is 0.495 e. The van der Waals surface area contributed by atoms with Crippen molar-refractivity contribution in [2.75, 3.05) is 13.7 Å². The summed E-state index contributed by atoms with van der Waals surface area (Å²) in [6.45, 7) is 6.52. The van der Waals surface area contributed by atoms with E-state index < -0.39 is 0 Å². The molecule has 0 spiro atoms. The van der Waals surface area contributed by atoms with Crippen molar-refractivity contribution in [3.63, 3.8) is 0 Å². The third-order valence-corrected chi connectivity index (χ3v) is 5.08. The lowest BCUT2D eigenvalue weighted by atomic mass is 10.1. The predicted octanol–water partition coefficient (Wildman–Crippen LogP) is 4.85. The van der Waals surface area contributed by atoms with E-state index >= 15 is 0 Å². The first-order valence-electron chi connectivity index (χ1n) is 9.99. The molecule has 0 aliphatic heterocycles. The lowest BCUT2D eigenvalue weighted by molar-refractivity contribution is -0.120. The molecule has 0 aliphatic carbocycles. The summed E-state index contributed by atoms with van der Waals surface area (Å²) in [6.07, 6.45) is 1.88. The number of benzene rings is 2. The Morgan fingerprint density at radius 1 is 1.16 bits per heavy atom. The fourth-order valence-electron chi connectivity index (χ4n) is 3.40. The molecule has 1 N–H and O–H groups in total. The van der Waals surface area contributed by atoms with Crippen molar-refractivity contribution in [3.8, 4) is 17.2 Å². The molecule has 31 heavy (non-hydrogen) atoms. The zero-order valence-electron chi connectivity index (χ0n) is 18.1.